The Morgan fingerprint density at radius 2 is 1.67 bits per heavy atom. The number of carbonyl (C=O) groups is 2. The lowest BCUT2D eigenvalue weighted by molar-refractivity contribution is -0.144. The van der Waals surface area contributed by atoms with Gasteiger partial charge < -0.3 is 4.74 Å². The van der Waals surface area contributed by atoms with E-state index in [1.165, 1.54) is 5.56 Å². The van der Waals surface area contributed by atoms with E-state index >= 15 is 0 Å². The largest absolute Gasteiger partial charge is 0.466 e. The second kappa shape index (κ2) is 10.5. The Labute approximate surface area is 109 Å². The molecule has 0 aliphatic rings. The predicted octanol–water partition coefficient (Wildman–Crippen LogP) is 3.30. The van der Waals surface area contributed by atoms with Gasteiger partial charge in [0, 0.05) is 12.8 Å². The highest BCUT2D eigenvalue weighted by Crippen LogP contribution is 1.96. The number of benzene rings is 1. The van der Waals surface area contributed by atoms with Crippen molar-refractivity contribution in [1.82, 2.24) is 0 Å². The van der Waals surface area contributed by atoms with Crippen LogP contribution in [0.4, 0.5) is 0 Å². The molecule has 0 radical (unpaired) electrons. The average molecular weight is 250 g/mol. The highest BCUT2D eigenvalue weighted by molar-refractivity contribution is 5.82. The zero-order valence-electron chi connectivity index (χ0n) is 11.4. The molecule has 0 atom stereocenters. The van der Waals surface area contributed by atoms with Crippen molar-refractivity contribution < 1.29 is 14.3 Å². The van der Waals surface area contributed by atoms with Gasteiger partial charge in [0.15, 0.2) is 0 Å². The minimum Gasteiger partial charge on any atom is -0.466 e. The lowest BCUT2D eigenvalue weighted by Gasteiger charge is -1.99. The van der Waals surface area contributed by atoms with Gasteiger partial charge in [0.1, 0.15) is 5.78 Å². The summed E-state index contributed by atoms with van der Waals surface area (Å²) in [5.41, 5.74) is 1.32. The summed E-state index contributed by atoms with van der Waals surface area (Å²) in [7, 11) is 0. The van der Waals surface area contributed by atoms with Gasteiger partial charge in [-0.2, -0.15) is 0 Å². The number of aryl methyl sites for hydroxylation is 1. The van der Waals surface area contributed by atoms with Crippen LogP contribution < -0.4 is 0 Å². The maximum absolute atomic E-state index is 10.7. The highest BCUT2D eigenvalue weighted by Gasteiger charge is 2.04. The van der Waals surface area contributed by atoms with Crippen LogP contribution in [0.3, 0.4) is 0 Å². The molecule has 100 valence electrons. The highest BCUT2D eigenvalue weighted by atomic mass is 16.5. The minimum absolute atomic E-state index is 0.109. The molecule has 0 saturated heterocycles. The Bertz CT molecular complexity index is 344. The van der Waals surface area contributed by atoms with E-state index in [1.807, 2.05) is 18.2 Å². The topological polar surface area (TPSA) is 43.4 Å². The lowest BCUT2D eigenvalue weighted by atomic mass is 10.2. The molecule has 1 rings (SSSR count). The molecule has 3 nitrogen and oxygen atoms in total. The summed E-state index contributed by atoms with van der Waals surface area (Å²) in [6.45, 7) is 6.01. The molecule has 0 saturated carbocycles. The average Bonchev–Trinajstić information content (AvgIpc) is 2.38. The molecule has 0 N–H and O–H groups in total. The third kappa shape index (κ3) is 9.58. The summed E-state index contributed by atoms with van der Waals surface area (Å²) >= 11 is 0. The zero-order chi connectivity index (χ0) is 13.8. The fourth-order valence-corrected chi connectivity index (χ4v) is 1.19. The number of esters is 1. The molecular weight excluding hydrogens is 228 g/mol. The van der Waals surface area contributed by atoms with E-state index in [2.05, 4.69) is 23.8 Å². The molecule has 1 aromatic carbocycles. The smallest absolute Gasteiger partial charge is 0.306 e. The summed E-state index contributed by atoms with van der Waals surface area (Å²) in [5.74, 6) is -0.174. The van der Waals surface area contributed by atoms with Gasteiger partial charge in [-0.05, 0) is 13.8 Å². The van der Waals surface area contributed by atoms with Gasteiger partial charge >= 0.3 is 5.97 Å². The van der Waals surface area contributed by atoms with Crippen LogP contribution in [0, 0.1) is 6.92 Å². The number of hydrogen-bond donors (Lipinski definition) is 0. The van der Waals surface area contributed by atoms with E-state index in [4.69, 9.17) is 0 Å². The first-order valence-electron chi connectivity index (χ1n) is 6.29. The normalized spacial score (nSPS) is 9.06. The van der Waals surface area contributed by atoms with Gasteiger partial charge in [-0.15, -0.1) is 0 Å². The van der Waals surface area contributed by atoms with Crippen molar-refractivity contribution in [3.63, 3.8) is 0 Å². The standard InChI is InChI=1S/C8H14O3.C7H8/c1-3-7(9)5-6-8(10)11-4-2;1-7-5-3-2-4-6-7/h3-6H2,1-2H3;2-6H,1H3. The van der Waals surface area contributed by atoms with Gasteiger partial charge in [-0.1, -0.05) is 42.8 Å². The van der Waals surface area contributed by atoms with E-state index in [0.29, 0.717) is 19.4 Å². The van der Waals surface area contributed by atoms with E-state index < -0.39 is 0 Å². The third-order valence-corrected chi connectivity index (χ3v) is 2.25. The van der Waals surface area contributed by atoms with Crippen LogP contribution >= 0.6 is 0 Å². The van der Waals surface area contributed by atoms with Gasteiger partial charge in [0.2, 0.25) is 0 Å². The molecule has 18 heavy (non-hydrogen) atoms. The van der Waals surface area contributed by atoms with E-state index in [9.17, 15) is 9.59 Å². The number of carbonyl (C=O) groups excluding carboxylic acids is 2. The summed E-state index contributed by atoms with van der Waals surface area (Å²) in [6.07, 6.45) is 1.04. The molecule has 0 bridgehead atoms. The van der Waals surface area contributed by atoms with Crippen LogP contribution in [0.15, 0.2) is 30.3 Å². The quantitative estimate of drug-likeness (QED) is 0.753. The Hall–Kier alpha value is -1.64. The van der Waals surface area contributed by atoms with Crippen molar-refractivity contribution in [1.29, 1.82) is 0 Å². The fourth-order valence-electron chi connectivity index (χ4n) is 1.19. The maximum atomic E-state index is 10.7. The first-order valence-corrected chi connectivity index (χ1v) is 6.29. The second-order valence-corrected chi connectivity index (χ2v) is 3.85. The first kappa shape index (κ1) is 16.4. The number of hydrogen-bond acceptors (Lipinski definition) is 3. The van der Waals surface area contributed by atoms with Crippen molar-refractivity contribution in [2.24, 2.45) is 0 Å². The van der Waals surface area contributed by atoms with Gasteiger partial charge in [-0.25, -0.2) is 0 Å². The van der Waals surface area contributed by atoms with Gasteiger partial charge in [0.25, 0.3) is 0 Å². The summed E-state index contributed by atoms with van der Waals surface area (Å²) < 4.78 is 4.65. The number of ether oxygens (including phenoxy) is 1. The molecule has 0 aliphatic carbocycles. The molecular formula is C15H22O3. The van der Waals surface area contributed by atoms with E-state index in [0.717, 1.165) is 0 Å². The molecule has 0 fully saturated rings. The molecule has 0 aromatic heterocycles. The monoisotopic (exact) mass is 250 g/mol. The van der Waals surface area contributed by atoms with Crippen LogP contribution in [0.25, 0.3) is 0 Å². The van der Waals surface area contributed by atoms with Crippen molar-refractivity contribution in [3.05, 3.63) is 35.9 Å². The molecule has 0 amide bonds. The Balaban J connectivity index is 0.000000351. The van der Waals surface area contributed by atoms with Gasteiger partial charge in [-0.3, -0.25) is 9.59 Å². The Morgan fingerprint density at radius 1 is 1.06 bits per heavy atom. The summed E-state index contributed by atoms with van der Waals surface area (Å²) in [6, 6.07) is 10.3. The van der Waals surface area contributed by atoms with Crippen LogP contribution in [0.2, 0.25) is 0 Å². The molecule has 0 spiro atoms. The van der Waals surface area contributed by atoms with E-state index in [-0.39, 0.29) is 18.2 Å². The molecule has 0 heterocycles. The van der Waals surface area contributed by atoms with Crippen molar-refractivity contribution in [2.45, 2.75) is 40.0 Å². The van der Waals surface area contributed by atoms with E-state index in [1.54, 1.807) is 13.8 Å². The number of ketones is 1. The number of Topliss-reactive ketones (excluding diaryl/α,β-unsaturated/α-hetero) is 1. The molecule has 0 aliphatic heterocycles. The minimum atomic E-state index is -0.283. The van der Waals surface area contributed by atoms with Crippen molar-refractivity contribution >= 4 is 11.8 Å². The SMILES string of the molecule is CCOC(=O)CCC(=O)CC.Cc1ccccc1. The van der Waals surface area contributed by atoms with Crippen LogP contribution in [-0.4, -0.2) is 18.4 Å². The van der Waals surface area contributed by atoms with Crippen LogP contribution in [0.1, 0.15) is 38.7 Å². The molecule has 0 unspecified atom stereocenters. The summed E-state index contributed by atoms with van der Waals surface area (Å²) in [5, 5.41) is 0. The Morgan fingerprint density at radius 3 is 2.06 bits per heavy atom. The fraction of sp³-hybridized carbons (Fsp3) is 0.467. The van der Waals surface area contributed by atoms with Gasteiger partial charge in [0.05, 0.1) is 13.0 Å². The zero-order valence-corrected chi connectivity index (χ0v) is 11.4. The molecule has 3 heteroatoms. The third-order valence-electron chi connectivity index (χ3n) is 2.25. The first-order chi connectivity index (χ1) is 8.60. The predicted molar refractivity (Wildman–Crippen MR) is 72.3 cm³/mol. The summed E-state index contributed by atoms with van der Waals surface area (Å²) in [4.78, 5) is 21.4. The van der Waals surface area contributed by atoms with Crippen LogP contribution in [0.5, 0.6) is 0 Å². The van der Waals surface area contributed by atoms with Crippen molar-refractivity contribution in [2.75, 3.05) is 6.61 Å². The van der Waals surface area contributed by atoms with Crippen LogP contribution in [-0.2, 0) is 14.3 Å². The number of rotatable bonds is 5. The van der Waals surface area contributed by atoms with Crippen molar-refractivity contribution in [3.8, 4) is 0 Å². The lowest BCUT2D eigenvalue weighted by Crippen LogP contribution is -2.06. The maximum Gasteiger partial charge on any atom is 0.306 e. The molecule has 1 aromatic rings. The Kier molecular flexibility index (Phi) is 9.55. The second-order valence-electron chi connectivity index (χ2n) is 3.85.